The zero-order chi connectivity index (χ0) is 16.6. The van der Waals surface area contributed by atoms with Crippen LogP contribution in [0.25, 0.3) is 10.9 Å². The Kier molecular flexibility index (Phi) is 4.25. The zero-order valence-electron chi connectivity index (χ0n) is 12.3. The van der Waals surface area contributed by atoms with Gasteiger partial charge >= 0.3 is 0 Å². The summed E-state index contributed by atoms with van der Waals surface area (Å²) in [5.41, 5.74) is 1.18. The number of thiazole rings is 1. The van der Waals surface area contributed by atoms with Crippen LogP contribution in [-0.2, 0) is 5.60 Å². The summed E-state index contributed by atoms with van der Waals surface area (Å²) in [6.45, 7) is 3.41. The van der Waals surface area contributed by atoms with Gasteiger partial charge in [0.1, 0.15) is 20.9 Å². The van der Waals surface area contributed by atoms with Crippen LogP contribution < -0.4 is 4.72 Å². The van der Waals surface area contributed by atoms with Gasteiger partial charge in [-0.05, 0) is 37.9 Å². The predicted octanol–water partition coefficient (Wildman–Crippen LogP) is 4.50. The molecular weight excluding hydrogens is 352 g/mol. The van der Waals surface area contributed by atoms with E-state index in [1.807, 2.05) is 6.07 Å². The molecule has 0 aliphatic rings. The van der Waals surface area contributed by atoms with Crippen LogP contribution in [0.2, 0.25) is 5.02 Å². The van der Waals surface area contributed by atoms with Gasteiger partial charge in [-0.1, -0.05) is 11.6 Å². The number of halogens is 1. The van der Waals surface area contributed by atoms with Gasteiger partial charge in [0.05, 0.1) is 28.0 Å². The van der Waals surface area contributed by atoms with Gasteiger partial charge in [-0.25, -0.2) is 4.98 Å². The number of aromatic nitrogens is 2. The molecule has 2 heterocycles. The van der Waals surface area contributed by atoms with Crippen molar-refractivity contribution in [2.24, 2.45) is 0 Å². The summed E-state index contributed by atoms with van der Waals surface area (Å²) in [7, 11) is 0. The molecule has 0 saturated heterocycles. The maximum atomic E-state index is 9.96. The van der Waals surface area contributed by atoms with Crippen molar-refractivity contribution in [3.05, 3.63) is 40.1 Å². The molecule has 0 fully saturated rings. The molecule has 23 heavy (non-hydrogen) atoms. The van der Waals surface area contributed by atoms with E-state index in [2.05, 4.69) is 20.8 Å². The first-order valence-corrected chi connectivity index (χ1v) is 8.72. The predicted molar refractivity (Wildman–Crippen MR) is 94.9 cm³/mol. The van der Waals surface area contributed by atoms with Crippen molar-refractivity contribution in [3.8, 4) is 6.07 Å². The van der Waals surface area contributed by atoms with Gasteiger partial charge in [-0.2, -0.15) is 5.26 Å². The van der Waals surface area contributed by atoms with E-state index < -0.39 is 5.60 Å². The van der Waals surface area contributed by atoms with Crippen molar-refractivity contribution in [3.63, 3.8) is 0 Å². The van der Waals surface area contributed by atoms with Crippen LogP contribution in [0.3, 0.4) is 0 Å². The Balaban J connectivity index is 1.86. The van der Waals surface area contributed by atoms with Crippen LogP contribution in [-0.4, -0.2) is 15.1 Å². The third-order valence-electron chi connectivity index (χ3n) is 3.17. The Bertz CT molecular complexity index is 904. The van der Waals surface area contributed by atoms with E-state index in [0.717, 1.165) is 15.4 Å². The standard InChI is InChI=1S/C15H13ClN4OS2/c1-15(2,21)14-19-7-11(22-14)23-20-10-4-3-9(16)12-8(5-17)6-18-13(10)12/h3-4,6-7,18,20-21H,1-2H3. The van der Waals surface area contributed by atoms with Crippen molar-refractivity contribution < 1.29 is 5.11 Å². The summed E-state index contributed by atoms with van der Waals surface area (Å²) < 4.78 is 4.17. The molecule has 0 aliphatic carbocycles. The maximum absolute atomic E-state index is 9.96. The molecule has 0 aliphatic heterocycles. The fourth-order valence-electron chi connectivity index (χ4n) is 2.07. The number of hydrogen-bond donors (Lipinski definition) is 3. The lowest BCUT2D eigenvalue weighted by Crippen LogP contribution is -2.14. The van der Waals surface area contributed by atoms with Gasteiger partial charge in [0, 0.05) is 11.6 Å². The van der Waals surface area contributed by atoms with Gasteiger partial charge in [0.2, 0.25) is 0 Å². The van der Waals surface area contributed by atoms with Crippen molar-refractivity contribution in [1.82, 2.24) is 9.97 Å². The second-order valence-electron chi connectivity index (χ2n) is 5.41. The van der Waals surface area contributed by atoms with Gasteiger partial charge in [0.25, 0.3) is 0 Å². The smallest absolute Gasteiger partial charge is 0.125 e. The highest BCUT2D eigenvalue weighted by atomic mass is 35.5. The van der Waals surface area contributed by atoms with Gasteiger partial charge in [-0.15, -0.1) is 11.3 Å². The molecule has 0 spiro atoms. The number of aliphatic hydroxyl groups is 1. The lowest BCUT2D eigenvalue weighted by molar-refractivity contribution is 0.0783. The molecule has 0 bridgehead atoms. The SMILES string of the molecule is CC(C)(O)c1ncc(SNc2ccc(Cl)c3c(C#N)c[nH]c23)s1. The van der Waals surface area contributed by atoms with Gasteiger partial charge < -0.3 is 14.8 Å². The first-order valence-electron chi connectivity index (χ1n) is 6.71. The molecule has 3 rings (SSSR count). The number of hydrogen-bond acceptors (Lipinski definition) is 6. The fourth-order valence-corrected chi connectivity index (χ4v) is 4.00. The molecule has 8 heteroatoms. The first-order chi connectivity index (χ1) is 10.9. The molecule has 1 aromatic carbocycles. The number of nitrogens with one attached hydrogen (secondary N) is 2. The van der Waals surface area contributed by atoms with Crippen molar-refractivity contribution in [2.75, 3.05) is 4.72 Å². The van der Waals surface area contributed by atoms with Crippen LogP contribution >= 0.6 is 34.9 Å². The van der Waals surface area contributed by atoms with Crippen molar-refractivity contribution in [1.29, 1.82) is 5.26 Å². The number of aromatic amines is 1. The molecule has 0 amide bonds. The Hall–Kier alpha value is -1.72. The summed E-state index contributed by atoms with van der Waals surface area (Å²) in [6.07, 6.45) is 3.36. The van der Waals surface area contributed by atoms with Gasteiger partial charge in [-0.3, -0.25) is 0 Å². The molecular formula is C15H13ClN4OS2. The highest BCUT2D eigenvalue weighted by Gasteiger charge is 2.20. The van der Waals surface area contributed by atoms with E-state index in [1.54, 1.807) is 32.3 Å². The Labute approximate surface area is 146 Å². The van der Waals surface area contributed by atoms with E-state index in [0.29, 0.717) is 21.0 Å². The van der Waals surface area contributed by atoms with Gasteiger partial charge in [0.15, 0.2) is 0 Å². The number of fused-ring (bicyclic) bond motifs is 1. The Morgan fingerprint density at radius 2 is 2.26 bits per heavy atom. The summed E-state index contributed by atoms with van der Waals surface area (Å²) in [5.74, 6) is 0. The number of H-pyrrole nitrogens is 1. The summed E-state index contributed by atoms with van der Waals surface area (Å²) in [4.78, 5) is 7.31. The third kappa shape index (κ3) is 3.16. The van der Waals surface area contributed by atoms with E-state index in [-0.39, 0.29) is 0 Å². The van der Waals surface area contributed by atoms with E-state index in [1.165, 1.54) is 23.3 Å². The largest absolute Gasteiger partial charge is 0.383 e. The number of rotatable bonds is 4. The molecule has 0 atom stereocenters. The first kappa shape index (κ1) is 16.1. The highest BCUT2D eigenvalue weighted by Crippen LogP contribution is 2.36. The molecule has 0 radical (unpaired) electrons. The fraction of sp³-hybridized carbons (Fsp3) is 0.200. The average Bonchev–Trinajstić information content (AvgIpc) is 3.13. The quantitative estimate of drug-likeness (QED) is 0.593. The molecule has 118 valence electrons. The molecule has 3 N–H and O–H groups in total. The van der Waals surface area contributed by atoms with E-state index in [4.69, 9.17) is 16.9 Å². The monoisotopic (exact) mass is 364 g/mol. The molecule has 5 nitrogen and oxygen atoms in total. The lowest BCUT2D eigenvalue weighted by atomic mass is 10.1. The van der Waals surface area contributed by atoms with Crippen LogP contribution in [0.5, 0.6) is 0 Å². The summed E-state index contributed by atoms with van der Waals surface area (Å²) in [6, 6.07) is 5.74. The molecule has 0 saturated carbocycles. The van der Waals surface area contributed by atoms with Crippen LogP contribution in [0.4, 0.5) is 5.69 Å². The Morgan fingerprint density at radius 1 is 1.48 bits per heavy atom. The molecule has 0 unspecified atom stereocenters. The normalized spacial score (nSPS) is 11.6. The zero-order valence-corrected chi connectivity index (χ0v) is 14.7. The van der Waals surface area contributed by atoms with Crippen molar-refractivity contribution in [2.45, 2.75) is 23.7 Å². The lowest BCUT2D eigenvalue weighted by Gasteiger charge is -2.12. The second-order valence-corrected chi connectivity index (χ2v) is 7.95. The number of anilines is 1. The number of nitriles is 1. The minimum Gasteiger partial charge on any atom is -0.383 e. The number of nitrogens with zero attached hydrogens (tertiary/aromatic N) is 2. The Morgan fingerprint density at radius 3 is 2.91 bits per heavy atom. The van der Waals surface area contributed by atoms with Crippen molar-refractivity contribution >= 4 is 51.5 Å². The van der Waals surface area contributed by atoms with Crippen LogP contribution in [0.1, 0.15) is 24.4 Å². The topological polar surface area (TPSA) is 84.7 Å². The minimum atomic E-state index is -0.946. The van der Waals surface area contributed by atoms with E-state index >= 15 is 0 Å². The maximum Gasteiger partial charge on any atom is 0.125 e. The summed E-state index contributed by atoms with van der Waals surface area (Å²) in [5, 5.41) is 21.0. The molecule has 3 aromatic rings. The van der Waals surface area contributed by atoms with Crippen LogP contribution in [0.15, 0.2) is 28.7 Å². The average molecular weight is 365 g/mol. The van der Waals surface area contributed by atoms with E-state index in [9.17, 15) is 5.11 Å². The number of benzene rings is 1. The summed E-state index contributed by atoms with van der Waals surface area (Å²) >= 11 is 9.01. The minimum absolute atomic E-state index is 0.515. The molecule has 2 aromatic heterocycles. The highest BCUT2D eigenvalue weighted by molar-refractivity contribution is 8.02. The third-order valence-corrected chi connectivity index (χ3v) is 5.72. The second kappa shape index (κ2) is 6.06. The van der Waals surface area contributed by atoms with Crippen LogP contribution in [0, 0.1) is 11.3 Å².